The molecular weight excluding hydrogens is 302 g/mol. The number of aryl methyl sites for hydroxylation is 2. The lowest BCUT2D eigenvalue weighted by Crippen LogP contribution is -2.32. The topological polar surface area (TPSA) is 56.1 Å². The monoisotopic (exact) mass is 327 g/mol. The molecule has 0 bridgehead atoms. The van der Waals surface area contributed by atoms with Crippen molar-refractivity contribution in [3.05, 3.63) is 47.3 Å². The Morgan fingerprint density at radius 2 is 2.25 bits per heavy atom. The second-order valence-electron chi connectivity index (χ2n) is 6.81. The van der Waals surface area contributed by atoms with Gasteiger partial charge in [0, 0.05) is 18.8 Å². The molecule has 0 aliphatic carbocycles. The van der Waals surface area contributed by atoms with E-state index in [1.165, 1.54) is 5.56 Å². The third-order valence-electron chi connectivity index (χ3n) is 4.40. The summed E-state index contributed by atoms with van der Waals surface area (Å²) < 4.78 is 7.39. The first-order valence-corrected chi connectivity index (χ1v) is 8.55. The highest BCUT2D eigenvalue weighted by molar-refractivity contribution is 5.79. The first-order chi connectivity index (χ1) is 11.5. The van der Waals surface area contributed by atoms with Gasteiger partial charge in [0.1, 0.15) is 5.75 Å². The van der Waals surface area contributed by atoms with Crippen molar-refractivity contribution in [2.24, 2.45) is 13.0 Å². The van der Waals surface area contributed by atoms with Crippen molar-refractivity contribution in [1.29, 1.82) is 0 Å². The number of fused-ring (bicyclic) bond motifs is 1. The van der Waals surface area contributed by atoms with Crippen molar-refractivity contribution in [2.45, 2.75) is 39.2 Å². The van der Waals surface area contributed by atoms with Gasteiger partial charge in [0.2, 0.25) is 5.91 Å². The molecular formula is C19H25N3O2. The lowest BCUT2D eigenvalue weighted by Gasteiger charge is -2.22. The second-order valence-corrected chi connectivity index (χ2v) is 6.81. The Kier molecular flexibility index (Phi) is 4.88. The maximum Gasteiger partial charge on any atom is 0.224 e. The van der Waals surface area contributed by atoms with Crippen LogP contribution in [0.4, 0.5) is 0 Å². The van der Waals surface area contributed by atoms with Gasteiger partial charge in [-0.15, -0.1) is 0 Å². The van der Waals surface area contributed by atoms with Crippen LogP contribution in [0.15, 0.2) is 30.6 Å². The van der Waals surface area contributed by atoms with Crippen LogP contribution in [0.5, 0.6) is 5.75 Å². The molecule has 0 fully saturated rings. The number of hydrogen-bond acceptors (Lipinski definition) is 3. The van der Waals surface area contributed by atoms with Gasteiger partial charge in [0.05, 0.1) is 25.3 Å². The third-order valence-corrected chi connectivity index (χ3v) is 4.40. The van der Waals surface area contributed by atoms with E-state index >= 15 is 0 Å². The Labute approximate surface area is 143 Å². The first-order valence-electron chi connectivity index (χ1n) is 8.55. The van der Waals surface area contributed by atoms with Crippen molar-refractivity contribution in [3.8, 4) is 5.75 Å². The molecule has 0 radical (unpaired) electrons. The molecule has 1 aromatic carbocycles. The molecule has 1 N–H and O–H groups in total. The number of carbonyl (C=O) groups excluding carboxylic acids is 1. The van der Waals surface area contributed by atoms with Crippen molar-refractivity contribution >= 4 is 5.91 Å². The number of carbonyl (C=O) groups is 1. The zero-order chi connectivity index (χ0) is 17.1. The Morgan fingerprint density at radius 1 is 1.42 bits per heavy atom. The number of nitrogens with one attached hydrogen (secondary N) is 1. The van der Waals surface area contributed by atoms with Gasteiger partial charge in [-0.05, 0) is 36.0 Å². The summed E-state index contributed by atoms with van der Waals surface area (Å²) in [6, 6.07) is 6.05. The molecule has 1 amide bonds. The predicted molar refractivity (Wildman–Crippen MR) is 92.9 cm³/mol. The van der Waals surface area contributed by atoms with Crippen LogP contribution in [0.2, 0.25) is 0 Å². The maximum atomic E-state index is 12.5. The van der Waals surface area contributed by atoms with Gasteiger partial charge in [-0.1, -0.05) is 26.0 Å². The average Bonchev–Trinajstić information content (AvgIpc) is 2.98. The van der Waals surface area contributed by atoms with Gasteiger partial charge in [-0.3, -0.25) is 9.48 Å². The van der Waals surface area contributed by atoms with E-state index in [9.17, 15) is 4.79 Å². The molecule has 1 atom stereocenters. The van der Waals surface area contributed by atoms with Crippen LogP contribution in [0.3, 0.4) is 0 Å². The fourth-order valence-corrected chi connectivity index (χ4v) is 3.17. The summed E-state index contributed by atoms with van der Waals surface area (Å²) in [5, 5.41) is 7.36. The summed E-state index contributed by atoms with van der Waals surface area (Å²) in [6.07, 6.45) is 6.23. The third kappa shape index (κ3) is 3.78. The Morgan fingerprint density at radius 3 is 2.96 bits per heavy atom. The fourth-order valence-electron chi connectivity index (χ4n) is 3.17. The maximum absolute atomic E-state index is 12.5. The Hall–Kier alpha value is -2.30. The second kappa shape index (κ2) is 7.07. The van der Waals surface area contributed by atoms with Gasteiger partial charge in [0.25, 0.3) is 0 Å². The molecule has 0 saturated heterocycles. The lowest BCUT2D eigenvalue weighted by atomic mass is 9.97. The zero-order valence-electron chi connectivity index (χ0n) is 14.6. The molecule has 1 aliphatic heterocycles. The summed E-state index contributed by atoms with van der Waals surface area (Å²) in [5.74, 6) is 1.30. The van der Waals surface area contributed by atoms with Crippen LogP contribution >= 0.6 is 0 Å². The number of hydrogen-bond donors (Lipinski definition) is 1. The molecule has 5 heteroatoms. The van der Waals surface area contributed by atoms with Crippen LogP contribution in [0, 0.1) is 5.92 Å². The average molecular weight is 327 g/mol. The molecule has 2 heterocycles. The molecule has 5 nitrogen and oxygen atoms in total. The van der Waals surface area contributed by atoms with Crippen molar-refractivity contribution in [1.82, 2.24) is 15.1 Å². The van der Waals surface area contributed by atoms with Gasteiger partial charge in [0.15, 0.2) is 0 Å². The summed E-state index contributed by atoms with van der Waals surface area (Å²) >= 11 is 0. The van der Waals surface area contributed by atoms with Crippen LogP contribution in [0.25, 0.3) is 0 Å². The number of benzene rings is 1. The summed E-state index contributed by atoms with van der Waals surface area (Å²) in [5.41, 5.74) is 3.28. The summed E-state index contributed by atoms with van der Waals surface area (Å²) in [4.78, 5) is 12.5. The number of ether oxygens (including phenoxy) is 1. The highest BCUT2D eigenvalue weighted by atomic mass is 16.5. The minimum atomic E-state index is -0.0211. The van der Waals surface area contributed by atoms with E-state index in [4.69, 9.17) is 4.74 Å². The van der Waals surface area contributed by atoms with Crippen molar-refractivity contribution in [2.75, 3.05) is 6.61 Å². The van der Waals surface area contributed by atoms with E-state index in [2.05, 4.69) is 30.3 Å². The molecule has 1 unspecified atom stereocenters. The van der Waals surface area contributed by atoms with E-state index in [1.54, 1.807) is 4.68 Å². The van der Waals surface area contributed by atoms with E-state index in [-0.39, 0.29) is 11.9 Å². The smallest absolute Gasteiger partial charge is 0.224 e. The number of amides is 1. The molecule has 1 aromatic heterocycles. The number of rotatable bonds is 5. The molecule has 0 spiro atoms. The highest BCUT2D eigenvalue weighted by Crippen LogP contribution is 2.26. The first kappa shape index (κ1) is 16.6. The van der Waals surface area contributed by atoms with Gasteiger partial charge in [-0.25, -0.2) is 0 Å². The molecule has 2 aromatic rings. The molecule has 24 heavy (non-hydrogen) atoms. The Bertz CT molecular complexity index is 721. The quantitative estimate of drug-likeness (QED) is 0.919. The SMILES string of the molecule is CC(C)C(NC(=O)Cc1ccc2c(c1)CCCO2)c1cnn(C)c1. The Balaban J connectivity index is 1.67. The molecule has 0 saturated carbocycles. The van der Waals surface area contributed by atoms with E-state index in [0.29, 0.717) is 12.3 Å². The normalized spacial score (nSPS) is 14.8. The van der Waals surface area contributed by atoms with Crippen LogP contribution in [-0.4, -0.2) is 22.3 Å². The van der Waals surface area contributed by atoms with E-state index in [1.807, 2.05) is 31.6 Å². The summed E-state index contributed by atoms with van der Waals surface area (Å²) in [6.45, 7) is 5.00. The van der Waals surface area contributed by atoms with Gasteiger partial charge < -0.3 is 10.1 Å². The molecule has 1 aliphatic rings. The number of nitrogens with zero attached hydrogens (tertiary/aromatic N) is 2. The molecule has 3 rings (SSSR count). The van der Waals surface area contributed by atoms with E-state index < -0.39 is 0 Å². The zero-order valence-corrected chi connectivity index (χ0v) is 14.6. The predicted octanol–water partition coefficient (Wildman–Crippen LogP) is 2.80. The van der Waals surface area contributed by atoms with Crippen LogP contribution < -0.4 is 10.1 Å². The minimum Gasteiger partial charge on any atom is -0.493 e. The van der Waals surface area contributed by atoms with Gasteiger partial charge in [-0.2, -0.15) is 5.10 Å². The van der Waals surface area contributed by atoms with Gasteiger partial charge >= 0.3 is 0 Å². The van der Waals surface area contributed by atoms with Crippen LogP contribution in [-0.2, 0) is 24.7 Å². The van der Waals surface area contributed by atoms with Crippen molar-refractivity contribution in [3.63, 3.8) is 0 Å². The largest absolute Gasteiger partial charge is 0.493 e. The lowest BCUT2D eigenvalue weighted by molar-refractivity contribution is -0.121. The fraction of sp³-hybridized carbons (Fsp3) is 0.474. The van der Waals surface area contributed by atoms with Crippen LogP contribution in [0.1, 0.15) is 43.0 Å². The molecule has 128 valence electrons. The summed E-state index contributed by atoms with van der Waals surface area (Å²) in [7, 11) is 1.89. The minimum absolute atomic E-state index is 0.0211. The van der Waals surface area contributed by atoms with E-state index in [0.717, 1.165) is 36.3 Å². The standard InChI is InChI=1S/C19H25N3O2/c1-13(2)19(16-11-20-22(3)12-16)21-18(23)10-14-6-7-17-15(9-14)5-4-8-24-17/h6-7,9,11-13,19H,4-5,8,10H2,1-3H3,(H,21,23). The van der Waals surface area contributed by atoms with Crippen molar-refractivity contribution < 1.29 is 9.53 Å². The number of aromatic nitrogens is 2. The highest BCUT2D eigenvalue weighted by Gasteiger charge is 2.20.